The fourth-order valence-electron chi connectivity index (χ4n) is 1.83. The van der Waals surface area contributed by atoms with E-state index in [0.717, 1.165) is 19.3 Å². The van der Waals surface area contributed by atoms with Crippen LogP contribution in [0.25, 0.3) is 0 Å². The Hall–Kier alpha value is -1.35. The highest BCUT2D eigenvalue weighted by Gasteiger charge is 2.21. The summed E-state index contributed by atoms with van der Waals surface area (Å²) in [6.45, 7) is 5.56. The van der Waals surface area contributed by atoms with Crippen LogP contribution in [0.1, 0.15) is 45.6 Å². The summed E-state index contributed by atoms with van der Waals surface area (Å²) in [6.07, 6.45) is 3.69. The Morgan fingerprint density at radius 2 is 1.84 bits per heavy atom. The molecule has 0 aliphatic heterocycles. The van der Waals surface area contributed by atoms with Crippen LogP contribution in [-0.2, 0) is 16.0 Å². The lowest BCUT2D eigenvalue weighted by Crippen LogP contribution is -2.37. The minimum atomic E-state index is -0.505. The van der Waals surface area contributed by atoms with Crippen LogP contribution >= 0.6 is 0 Å². The Kier molecular flexibility index (Phi) is 6.03. The third-order valence-electron chi connectivity index (χ3n) is 2.78. The summed E-state index contributed by atoms with van der Waals surface area (Å²) in [7, 11) is 0. The molecule has 1 rings (SSSR count). The van der Waals surface area contributed by atoms with Gasteiger partial charge in [0.15, 0.2) is 0 Å². The Morgan fingerprint density at radius 3 is 2.42 bits per heavy atom. The topological polar surface area (TPSA) is 52.3 Å². The summed E-state index contributed by atoms with van der Waals surface area (Å²) < 4.78 is 5.25. The van der Waals surface area contributed by atoms with Crippen molar-refractivity contribution in [3.05, 3.63) is 35.9 Å². The van der Waals surface area contributed by atoms with Gasteiger partial charge in [-0.3, -0.25) is 4.79 Å². The first-order chi connectivity index (χ1) is 8.88. The van der Waals surface area contributed by atoms with Gasteiger partial charge in [0.05, 0.1) is 0 Å². The van der Waals surface area contributed by atoms with E-state index in [1.165, 1.54) is 5.56 Å². The van der Waals surface area contributed by atoms with E-state index in [-0.39, 0.29) is 5.97 Å². The average molecular weight is 263 g/mol. The van der Waals surface area contributed by atoms with Crippen LogP contribution in [0.2, 0.25) is 0 Å². The summed E-state index contributed by atoms with van der Waals surface area (Å²) in [5.74, 6) is -0.299. The summed E-state index contributed by atoms with van der Waals surface area (Å²) in [5.41, 5.74) is 6.70. The Morgan fingerprint density at radius 1 is 1.21 bits per heavy atom. The van der Waals surface area contributed by atoms with Crippen LogP contribution in [0.3, 0.4) is 0 Å². The van der Waals surface area contributed by atoms with Gasteiger partial charge in [0.2, 0.25) is 0 Å². The predicted octanol–water partition coefficient (Wildman–Crippen LogP) is 3.07. The molecule has 0 amide bonds. The molecule has 0 saturated carbocycles. The summed E-state index contributed by atoms with van der Waals surface area (Å²) in [4.78, 5) is 11.7. The van der Waals surface area contributed by atoms with Gasteiger partial charge in [-0.05, 0) is 45.6 Å². The SMILES string of the molecule is CC(C)(C)OC(=O)C(N)CCCCc1ccccc1. The number of unbranched alkanes of at least 4 members (excludes halogenated alkanes) is 1. The molecule has 0 heterocycles. The molecule has 0 aliphatic rings. The van der Waals surface area contributed by atoms with Gasteiger partial charge in [-0.15, -0.1) is 0 Å². The van der Waals surface area contributed by atoms with Crippen molar-refractivity contribution < 1.29 is 9.53 Å². The number of carbonyl (C=O) groups excluding carboxylic acids is 1. The van der Waals surface area contributed by atoms with Crippen molar-refractivity contribution in [2.45, 2.75) is 58.1 Å². The predicted molar refractivity (Wildman–Crippen MR) is 77.8 cm³/mol. The van der Waals surface area contributed by atoms with Crippen LogP contribution in [0.5, 0.6) is 0 Å². The summed E-state index contributed by atoms with van der Waals surface area (Å²) in [6, 6.07) is 9.84. The van der Waals surface area contributed by atoms with E-state index in [2.05, 4.69) is 12.1 Å². The fourth-order valence-corrected chi connectivity index (χ4v) is 1.83. The molecule has 1 atom stereocenters. The van der Waals surface area contributed by atoms with E-state index in [4.69, 9.17) is 10.5 Å². The molecular weight excluding hydrogens is 238 g/mol. The van der Waals surface area contributed by atoms with Crippen LogP contribution in [0, 0.1) is 0 Å². The molecule has 0 fully saturated rings. The lowest BCUT2D eigenvalue weighted by molar-refractivity contribution is -0.156. The molecule has 0 radical (unpaired) electrons. The standard InChI is InChI=1S/C16H25NO2/c1-16(2,3)19-15(18)14(17)12-8-7-11-13-9-5-4-6-10-13/h4-6,9-10,14H,7-8,11-12,17H2,1-3H3. The largest absolute Gasteiger partial charge is 0.459 e. The van der Waals surface area contributed by atoms with Gasteiger partial charge < -0.3 is 10.5 Å². The molecule has 0 bridgehead atoms. The van der Waals surface area contributed by atoms with Crippen molar-refractivity contribution in [1.29, 1.82) is 0 Å². The normalized spacial score (nSPS) is 13.1. The second kappa shape index (κ2) is 7.29. The Bertz CT molecular complexity index is 381. The van der Waals surface area contributed by atoms with E-state index in [9.17, 15) is 4.79 Å². The maximum atomic E-state index is 11.7. The second-order valence-corrected chi connectivity index (χ2v) is 5.87. The van der Waals surface area contributed by atoms with Gasteiger partial charge in [0.1, 0.15) is 11.6 Å². The highest BCUT2D eigenvalue weighted by molar-refractivity contribution is 5.75. The van der Waals surface area contributed by atoms with Crippen molar-refractivity contribution in [2.24, 2.45) is 5.73 Å². The monoisotopic (exact) mass is 263 g/mol. The molecule has 1 aromatic carbocycles. The number of aryl methyl sites for hydroxylation is 1. The molecular formula is C16H25NO2. The third-order valence-corrected chi connectivity index (χ3v) is 2.78. The molecule has 0 aromatic heterocycles. The van der Waals surface area contributed by atoms with E-state index in [1.54, 1.807) is 0 Å². The molecule has 2 N–H and O–H groups in total. The van der Waals surface area contributed by atoms with E-state index in [0.29, 0.717) is 6.42 Å². The smallest absolute Gasteiger partial charge is 0.323 e. The molecule has 106 valence electrons. The number of benzene rings is 1. The molecule has 1 aromatic rings. The third kappa shape index (κ3) is 6.97. The highest BCUT2D eigenvalue weighted by atomic mass is 16.6. The lowest BCUT2D eigenvalue weighted by Gasteiger charge is -2.22. The minimum Gasteiger partial charge on any atom is -0.459 e. The van der Waals surface area contributed by atoms with E-state index in [1.807, 2.05) is 39.0 Å². The average Bonchev–Trinajstić information content (AvgIpc) is 2.33. The fraction of sp³-hybridized carbons (Fsp3) is 0.562. The van der Waals surface area contributed by atoms with Gasteiger partial charge in [-0.25, -0.2) is 0 Å². The molecule has 0 spiro atoms. The molecule has 3 nitrogen and oxygen atoms in total. The maximum Gasteiger partial charge on any atom is 0.323 e. The first-order valence-electron chi connectivity index (χ1n) is 6.91. The highest BCUT2D eigenvalue weighted by Crippen LogP contribution is 2.11. The number of hydrogen-bond acceptors (Lipinski definition) is 3. The van der Waals surface area contributed by atoms with Gasteiger partial charge in [-0.2, -0.15) is 0 Å². The molecule has 19 heavy (non-hydrogen) atoms. The molecule has 0 saturated heterocycles. The lowest BCUT2D eigenvalue weighted by atomic mass is 10.0. The number of nitrogens with two attached hydrogens (primary N) is 1. The van der Waals surface area contributed by atoms with Gasteiger partial charge in [0, 0.05) is 0 Å². The zero-order valence-electron chi connectivity index (χ0n) is 12.2. The maximum absolute atomic E-state index is 11.7. The summed E-state index contributed by atoms with van der Waals surface area (Å²) >= 11 is 0. The molecule has 3 heteroatoms. The number of esters is 1. The van der Waals surface area contributed by atoms with Crippen molar-refractivity contribution in [1.82, 2.24) is 0 Å². The Labute approximate surface area is 116 Å². The Balaban J connectivity index is 2.20. The van der Waals surface area contributed by atoms with Crippen molar-refractivity contribution in [2.75, 3.05) is 0 Å². The number of carbonyl (C=O) groups is 1. The minimum absolute atomic E-state index is 0.299. The van der Waals surface area contributed by atoms with Crippen molar-refractivity contribution in [3.63, 3.8) is 0 Å². The van der Waals surface area contributed by atoms with Crippen molar-refractivity contribution in [3.8, 4) is 0 Å². The van der Waals surface area contributed by atoms with Gasteiger partial charge in [-0.1, -0.05) is 36.8 Å². The van der Waals surface area contributed by atoms with Crippen LogP contribution < -0.4 is 5.73 Å². The van der Waals surface area contributed by atoms with E-state index < -0.39 is 11.6 Å². The second-order valence-electron chi connectivity index (χ2n) is 5.87. The first-order valence-corrected chi connectivity index (χ1v) is 6.91. The zero-order chi connectivity index (χ0) is 14.3. The van der Waals surface area contributed by atoms with E-state index >= 15 is 0 Å². The number of rotatable bonds is 6. The molecule has 0 aliphatic carbocycles. The van der Waals surface area contributed by atoms with Gasteiger partial charge in [0.25, 0.3) is 0 Å². The van der Waals surface area contributed by atoms with Crippen LogP contribution in [0.15, 0.2) is 30.3 Å². The zero-order valence-corrected chi connectivity index (χ0v) is 12.2. The summed E-state index contributed by atoms with van der Waals surface area (Å²) in [5, 5.41) is 0. The van der Waals surface area contributed by atoms with Crippen LogP contribution in [0.4, 0.5) is 0 Å². The van der Waals surface area contributed by atoms with Gasteiger partial charge >= 0.3 is 5.97 Å². The molecule has 1 unspecified atom stereocenters. The quantitative estimate of drug-likeness (QED) is 0.634. The van der Waals surface area contributed by atoms with Crippen molar-refractivity contribution >= 4 is 5.97 Å². The number of ether oxygens (including phenoxy) is 1. The number of hydrogen-bond donors (Lipinski definition) is 1. The first kappa shape index (κ1) is 15.7. The van der Waals surface area contributed by atoms with Crippen LogP contribution in [-0.4, -0.2) is 17.6 Å².